The molecule has 3 heterocycles. The fourth-order valence-electron chi connectivity index (χ4n) is 4.37. The molecule has 3 aromatic rings. The van der Waals surface area contributed by atoms with Gasteiger partial charge >= 0.3 is 0 Å². The smallest absolute Gasteiger partial charge is 0.226 e. The molecule has 1 aromatic carbocycles. The van der Waals surface area contributed by atoms with Crippen LogP contribution in [0, 0.1) is 11.3 Å². The molecule has 1 aliphatic heterocycles. The number of amides is 1. The summed E-state index contributed by atoms with van der Waals surface area (Å²) in [5.74, 6) is -0.261. The van der Waals surface area contributed by atoms with Crippen LogP contribution in [0.15, 0.2) is 52.5 Å². The van der Waals surface area contributed by atoms with Crippen molar-refractivity contribution in [3.05, 3.63) is 42.6 Å². The Hall–Kier alpha value is -3.42. The van der Waals surface area contributed by atoms with E-state index in [9.17, 15) is 13.2 Å². The molecular weight excluding hydrogens is 464 g/mol. The molecular formula is C25H30N6O3S. The van der Waals surface area contributed by atoms with Crippen LogP contribution < -0.4 is 10.6 Å². The average molecular weight is 495 g/mol. The van der Waals surface area contributed by atoms with Crippen molar-refractivity contribution in [2.45, 2.75) is 55.0 Å². The Balaban J connectivity index is 1.76. The van der Waals surface area contributed by atoms with Gasteiger partial charge in [0.25, 0.3) is 0 Å². The molecule has 0 bridgehead atoms. The number of carbonyl (C=O) groups excluding carboxylic acids is 1. The van der Waals surface area contributed by atoms with Gasteiger partial charge in [0.15, 0.2) is 5.03 Å². The maximum absolute atomic E-state index is 13.7. The summed E-state index contributed by atoms with van der Waals surface area (Å²) in [6.07, 6.45) is 4.79. The van der Waals surface area contributed by atoms with Gasteiger partial charge in [0, 0.05) is 50.1 Å². The van der Waals surface area contributed by atoms with Crippen LogP contribution in [0.25, 0.3) is 11.0 Å². The van der Waals surface area contributed by atoms with Crippen molar-refractivity contribution in [1.82, 2.24) is 14.9 Å². The predicted octanol–water partition coefficient (Wildman–Crippen LogP) is 3.92. The Labute approximate surface area is 205 Å². The number of hydrogen-bond acceptors (Lipinski definition) is 7. The van der Waals surface area contributed by atoms with Gasteiger partial charge in [-0.2, -0.15) is 5.26 Å². The largest absolute Gasteiger partial charge is 0.380 e. The number of fused-ring (bicyclic) bond motifs is 1. The van der Waals surface area contributed by atoms with Crippen LogP contribution in [0.2, 0.25) is 0 Å². The number of sulfone groups is 1. The van der Waals surface area contributed by atoms with Crippen LogP contribution in [-0.4, -0.2) is 54.9 Å². The number of nitrogens with zero attached hydrogens (tertiary/aromatic N) is 3. The summed E-state index contributed by atoms with van der Waals surface area (Å²) in [4.78, 5) is 22.5. The highest BCUT2D eigenvalue weighted by molar-refractivity contribution is 7.91. The Morgan fingerprint density at radius 2 is 1.94 bits per heavy atom. The van der Waals surface area contributed by atoms with Crippen LogP contribution in [0.4, 0.5) is 11.4 Å². The number of aromatic amines is 1. The van der Waals surface area contributed by atoms with Gasteiger partial charge in [0.1, 0.15) is 11.3 Å². The van der Waals surface area contributed by atoms with Crippen LogP contribution in [0.3, 0.4) is 0 Å². The van der Waals surface area contributed by atoms with Gasteiger partial charge in [-0.25, -0.2) is 13.4 Å². The standard InChI is InChI=1S/C25H30N6O3S/c1-2-7-21(32)29-23-22(28-18-11-16-31(17-12-18)15-6-13-26)20-10-14-27-24(20)30-25(23)35(33,34)19-8-4-3-5-9-19/h3-5,8-10,14,18H,2,6-7,11-12,15-17H2,1H3,(H,29,32)(H2,27,28,30). The summed E-state index contributed by atoms with van der Waals surface area (Å²) in [6.45, 7) is 4.33. The fourth-order valence-corrected chi connectivity index (χ4v) is 5.74. The quantitative estimate of drug-likeness (QED) is 0.411. The van der Waals surface area contributed by atoms with Crippen molar-refractivity contribution in [2.75, 3.05) is 30.3 Å². The molecule has 0 aliphatic carbocycles. The molecule has 1 saturated heterocycles. The molecule has 0 saturated carbocycles. The molecule has 2 aromatic heterocycles. The van der Waals surface area contributed by atoms with Gasteiger partial charge in [-0.3, -0.25) is 4.79 Å². The molecule has 1 fully saturated rings. The third-order valence-electron chi connectivity index (χ3n) is 6.20. The zero-order valence-electron chi connectivity index (χ0n) is 19.8. The number of benzene rings is 1. The number of H-pyrrole nitrogens is 1. The molecule has 184 valence electrons. The first kappa shape index (κ1) is 24.7. The van der Waals surface area contributed by atoms with Crippen molar-refractivity contribution in [2.24, 2.45) is 0 Å². The Morgan fingerprint density at radius 3 is 2.63 bits per heavy atom. The highest BCUT2D eigenvalue weighted by Crippen LogP contribution is 2.38. The SMILES string of the molecule is CCCC(=O)Nc1c(S(=O)(=O)c2ccccc2)nc2[nH]ccc2c1NC1CCN(CCC#N)CC1. The summed E-state index contributed by atoms with van der Waals surface area (Å²) >= 11 is 0. The summed E-state index contributed by atoms with van der Waals surface area (Å²) in [7, 11) is -4.01. The topological polar surface area (TPSA) is 131 Å². The van der Waals surface area contributed by atoms with E-state index in [2.05, 4.69) is 31.6 Å². The van der Waals surface area contributed by atoms with Crippen molar-refractivity contribution >= 4 is 38.2 Å². The number of likely N-dealkylation sites (tertiary alicyclic amines) is 1. The molecule has 3 N–H and O–H groups in total. The lowest BCUT2D eigenvalue weighted by molar-refractivity contribution is -0.116. The summed E-state index contributed by atoms with van der Waals surface area (Å²) < 4.78 is 27.3. The summed E-state index contributed by atoms with van der Waals surface area (Å²) in [5.41, 5.74) is 1.18. The maximum Gasteiger partial charge on any atom is 0.226 e. The monoisotopic (exact) mass is 494 g/mol. The zero-order valence-corrected chi connectivity index (χ0v) is 20.6. The molecule has 9 nitrogen and oxygen atoms in total. The van der Waals surface area contributed by atoms with E-state index < -0.39 is 9.84 Å². The number of nitrogens with one attached hydrogen (secondary N) is 3. The third kappa shape index (κ3) is 5.47. The number of rotatable bonds is 9. The van der Waals surface area contributed by atoms with Gasteiger partial charge < -0.3 is 20.5 Å². The molecule has 10 heteroatoms. The van der Waals surface area contributed by atoms with Crippen LogP contribution in [0.5, 0.6) is 0 Å². The first-order chi connectivity index (χ1) is 16.9. The first-order valence-corrected chi connectivity index (χ1v) is 13.4. The Morgan fingerprint density at radius 1 is 1.20 bits per heavy atom. The van der Waals surface area contributed by atoms with Gasteiger partial charge in [-0.1, -0.05) is 25.1 Å². The number of aromatic nitrogens is 2. The summed E-state index contributed by atoms with van der Waals surface area (Å²) in [5, 5.41) is 15.8. The Bertz CT molecular complexity index is 1320. The second kappa shape index (κ2) is 10.9. The molecule has 4 rings (SSSR count). The fraction of sp³-hybridized carbons (Fsp3) is 0.400. The van der Waals surface area contributed by atoms with E-state index in [0.29, 0.717) is 24.2 Å². The van der Waals surface area contributed by atoms with E-state index in [4.69, 9.17) is 5.26 Å². The van der Waals surface area contributed by atoms with Crippen molar-refractivity contribution < 1.29 is 13.2 Å². The average Bonchev–Trinajstić information content (AvgIpc) is 3.34. The number of pyridine rings is 1. The zero-order chi connectivity index (χ0) is 24.8. The van der Waals surface area contributed by atoms with Gasteiger partial charge in [0.2, 0.25) is 15.7 Å². The molecule has 0 spiro atoms. The minimum Gasteiger partial charge on any atom is -0.380 e. The van der Waals surface area contributed by atoms with Crippen molar-refractivity contribution in [1.29, 1.82) is 5.26 Å². The lowest BCUT2D eigenvalue weighted by atomic mass is 10.0. The summed E-state index contributed by atoms with van der Waals surface area (Å²) in [6, 6.07) is 12.2. The second-order valence-corrected chi connectivity index (χ2v) is 10.6. The molecule has 1 aliphatic rings. The van der Waals surface area contributed by atoms with E-state index in [-0.39, 0.29) is 34.0 Å². The normalized spacial score (nSPS) is 15.1. The van der Waals surface area contributed by atoms with E-state index >= 15 is 0 Å². The van der Waals surface area contributed by atoms with Crippen LogP contribution >= 0.6 is 0 Å². The van der Waals surface area contributed by atoms with Crippen molar-refractivity contribution in [3.63, 3.8) is 0 Å². The lowest BCUT2D eigenvalue weighted by Gasteiger charge is -2.33. The van der Waals surface area contributed by atoms with Gasteiger partial charge in [-0.05, 0) is 37.5 Å². The minimum atomic E-state index is -4.01. The van der Waals surface area contributed by atoms with E-state index in [0.717, 1.165) is 37.9 Å². The first-order valence-electron chi connectivity index (χ1n) is 11.9. The van der Waals surface area contributed by atoms with Crippen LogP contribution in [0.1, 0.15) is 39.0 Å². The number of hydrogen-bond donors (Lipinski definition) is 3. The number of piperidine rings is 1. The molecule has 0 unspecified atom stereocenters. The molecule has 0 radical (unpaired) electrons. The Kier molecular flexibility index (Phi) is 7.68. The van der Waals surface area contributed by atoms with Crippen LogP contribution in [-0.2, 0) is 14.6 Å². The lowest BCUT2D eigenvalue weighted by Crippen LogP contribution is -2.39. The molecule has 35 heavy (non-hydrogen) atoms. The molecule has 1 amide bonds. The molecule has 0 atom stereocenters. The third-order valence-corrected chi connectivity index (χ3v) is 7.89. The number of anilines is 2. The predicted molar refractivity (Wildman–Crippen MR) is 135 cm³/mol. The number of nitriles is 1. The van der Waals surface area contributed by atoms with E-state index in [1.54, 1.807) is 24.4 Å². The van der Waals surface area contributed by atoms with Gasteiger partial charge in [0.05, 0.1) is 16.7 Å². The highest BCUT2D eigenvalue weighted by Gasteiger charge is 2.30. The van der Waals surface area contributed by atoms with Gasteiger partial charge in [-0.15, -0.1) is 0 Å². The number of carbonyl (C=O) groups is 1. The second-order valence-electron chi connectivity index (χ2n) is 8.69. The minimum absolute atomic E-state index is 0.0861. The van der Waals surface area contributed by atoms with E-state index in [1.807, 2.05) is 13.0 Å². The highest BCUT2D eigenvalue weighted by atomic mass is 32.2. The van der Waals surface area contributed by atoms with Crippen molar-refractivity contribution in [3.8, 4) is 6.07 Å². The maximum atomic E-state index is 13.7. The van der Waals surface area contributed by atoms with E-state index in [1.165, 1.54) is 12.1 Å².